The van der Waals surface area contributed by atoms with Crippen molar-refractivity contribution < 1.29 is 0 Å². The summed E-state index contributed by atoms with van der Waals surface area (Å²) >= 11 is 1.72. The molecule has 2 heterocycles. The van der Waals surface area contributed by atoms with Crippen molar-refractivity contribution in [1.29, 1.82) is 0 Å². The second kappa shape index (κ2) is 5.23. The number of hydrogen-bond donors (Lipinski definition) is 1. The average molecular weight is 236 g/mol. The summed E-state index contributed by atoms with van der Waals surface area (Å²) in [7, 11) is 1.95. The molecule has 0 aromatic carbocycles. The van der Waals surface area contributed by atoms with Gasteiger partial charge in [-0.25, -0.2) is 9.97 Å². The fourth-order valence-electron chi connectivity index (χ4n) is 1.60. The maximum Gasteiger partial charge on any atom is 0.141 e. The summed E-state index contributed by atoms with van der Waals surface area (Å²) in [5.74, 6) is 0. The first-order chi connectivity index (χ1) is 7.85. The van der Waals surface area contributed by atoms with Crippen LogP contribution in [0.2, 0.25) is 0 Å². The molecule has 0 saturated heterocycles. The minimum absolute atomic E-state index is 0.875. The van der Waals surface area contributed by atoms with Crippen molar-refractivity contribution >= 4 is 11.3 Å². The largest absolute Gasteiger partial charge is 0.329 e. The Morgan fingerprint density at radius 2 is 2.31 bits per heavy atom. The van der Waals surface area contributed by atoms with Crippen LogP contribution >= 0.6 is 11.3 Å². The van der Waals surface area contributed by atoms with Crippen LogP contribution in [0.3, 0.4) is 0 Å². The molecule has 0 aliphatic rings. The van der Waals surface area contributed by atoms with Gasteiger partial charge < -0.3 is 9.88 Å². The van der Waals surface area contributed by atoms with E-state index in [1.807, 2.05) is 25.8 Å². The van der Waals surface area contributed by atoms with Crippen LogP contribution in [0, 0.1) is 0 Å². The highest BCUT2D eigenvalue weighted by molar-refractivity contribution is 7.15. The molecule has 0 amide bonds. The van der Waals surface area contributed by atoms with Gasteiger partial charge in [0.2, 0.25) is 0 Å². The predicted molar refractivity (Wildman–Crippen MR) is 66.4 cm³/mol. The lowest BCUT2D eigenvalue weighted by Gasteiger charge is -2.02. The topological polar surface area (TPSA) is 42.7 Å². The molecule has 4 nitrogen and oxygen atoms in total. The van der Waals surface area contributed by atoms with Crippen LogP contribution in [-0.2, 0) is 13.1 Å². The first kappa shape index (κ1) is 11.3. The fourth-order valence-corrected chi connectivity index (χ4v) is 2.55. The van der Waals surface area contributed by atoms with Gasteiger partial charge in [0.05, 0.1) is 18.2 Å². The summed E-state index contributed by atoms with van der Waals surface area (Å²) in [5, 5.41) is 4.18. The van der Waals surface area contributed by atoms with Crippen molar-refractivity contribution in [2.24, 2.45) is 0 Å². The van der Waals surface area contributed by atoms with Crippen molar-refractivity contribution in [3.8, 4) is 10.7 Å². The summed E-state index contributed by atoms with van der Waals surface area (Å²) < 4.78 is 2.15. The van der Waals surface area contributed by atoms with Crippen LogP contribution in [0.15, 0.2) is 18.7 Å². The standard InChI is InChI=1S/C11H16N4S/c1-3-4-15-8-13-7-10(15)11-14-6-9(16-11)5-12-2/h6-8,12H,3-5H2,1-2H3. The third-order valence-electron chi connectivity index (χ3n) is 2.30. The Morgan fingerprint density at radius 1 is 1.44 bits per heavy atom. The molecule has 1 N–H and O–H groups in total. The molecule has 2 aromatic heterocycles. The highest BCUT2D eigenvalue weighted by atomic mass is 32.1. The summed E-state index contributed by atoms with van der Waals surface area (Å²) in [6.07, 6.45) is 6.80. The van der Waals surface area contributed by atoms with Crippen LogP contribution in [0.5, 0.6) is 0 Å². The van der Waals surface area contributed by atoms with Crippen molar-refractivity contribution in [2.45, 2.75) is 26.4 Å². The second-order valence-electron chi connectivity index (χ2n) is 3.63. The monoisotopic (exact) mass is 236 g/mol. The summed E-state index contributed by atoms with van der Waals surface area (Å²) in [4.78, 5) is 9.88. The van der Waals surface area contributed by atoms with Crippen LogP contribution in [-0.4, -0.2) is 21.6 Å². The fraction of sp³-hybridized carbons (Fsp3) is 0.455. The van der Waals surface area contributed by atoms with E-state index >= 15 is 0 Å². The SMILES string of the molecule is CCCn1cncc1-c1ncc(CNC)s1. The predicted octanol–water partition coefficient (Wildman–Crippen LogP) is 2.14. The molecule has 0 unspecified atom stereocenters. The van der Waals surface area contributed by atoms with Gasteiger partial charge in [0.15, 0.2) is 0 Å². The van der Waals surface area contributed by atoms with Gasteiger partial charge in [-0.05, 0) is 13.5 Å². The van der Waals surface area contributed by atoms with Gasteiger partial charge in [-0.3, -0.25) is 0 Å². The molecule has 0 aliphatic heterocycles. The van der Waals surface area contributed by atoms with Gasteiger partial charge in [0, 0.05) is 24.2 Å². The van der Waals surface area contributed by atoms with E-state index in [2.05, 4.69) is 26.8 Å². The summed E-state index contributed by atoms with van der Waals surface area (Å²) in [6, 6.07) is 0. The molecule has 0 atom stereocenters. The molecule has 0 aliphatic carbocycles. The Labute approximate surface area is 99.4 Å². The van der Waals surface area contributed by atoms with Gasteiger partial charge in [-0.15, -0.1) is 11.3 Å². The Balaban J connectivity index is 2.24. The summed E-state index contributed by atoms with van der Waals surface area (Å²) in [6.45, 7) is 4.04. The van der Waals surface area contributed by atoms with E-state index in [1.54, 1.807) is 11.3 Å². The maximum absolute atomic E-state index is 4.44. The van der Waals surface area contributed by atoms with Crippen molar-refractivity contribution in [3.63, 3.8) is 0 Å². The zero-order valence-corrected chi connectivity index (χ0v) is 10.4. The van der Waals surface area contributed by atoms with E-state index < -0.39 is 0 Å². The number of nitrogens with zero attached hydrogens (tertiary/aromatic N) is 3. The van der Waals surface area contributed by atoms with E-state index in [-0.39, 0.29) is 0 Å². The van der Waals surface area contributed by atoms with Crippen LogP contribution in [0.1, 0.15) is 18.2 Å². The number of imidazole rings is 1. The lowest BCUT2D eigenvalue weighted by Crippen LogP contribution is -2.02. The number of hydrogen-bond acceptors (Lipinski definition) is 4. The lowest BCUT2D eigenvalue weighted by molar-refractivity contribution is 0.684. The number of aryl methyl sites for hydroxylation is 1. The van der Waals surface area contributed by atoms with Crippen LogP contribution < -0.4 is 5.32 Å². The first-order valence-corrected chi connectivity index (χ1v) is 6.26. The normalized spacial score (nSPS) is 10.9. The van der Waals surface area contributed by atoms with Gasteiger partial charge in [0.1, 0.15) is 5.01 Å². The minimum Gasteiger partial charge on any atom is -0.329 e. The number of aromatic nitrogens is 3. The highest BCUT2D eigenvalue weighted by Gasteiger charge is 2.08. The minimum atomic E-state index is 0.875. The van der Waals surface area contributed by atoms with Gasteiger partial charge in [0.25, 0.3) is 0 Å². The molecule has 0 bridgehead atoms. The third-order valence-corrected chi connectivity index (χ3v) is 3.32. The zero-order valence-electron chi connectivity index (χ0n) is 9.60. The molecule has 0 fully saturated rings. The Morgan fingerprint density at radius 3 is 3.06 bits per heavy atom. The molecule has 0 saturated carbocycles. The molecule has 0 spiro atoms. The van der Waals surface area contributed by atoms with E-state index in [0.717, 1.165) is 30.2 Å². The number of nitrogens with one attached hydrogen (secondary N) is 1. The molecule has 0 radical (unpaired) electrons. The first-order valence-electron chi connectivity index (χ1n) is 5.45. The van der Waals surface area contributed by atoms with Gasteiger partial charge in [-0.1, -0.05) is 6.92 Å². The van der Waals surface area contributed by atoms with Crippen molar-refractivity contribution in [3.05, 3.63) is 23.6 Å². The molecule has 2 rings (SSSR count). The second-order valence-corrected chi connectivity index (χ2v) is 4.75. The van der Waals surface area contributed by atoms with Crippen LogP contribution in [0.25, 0.3) is 10.7 Å². The molecule has 2 aromatic rings. The van der Waals surface area contributed by atoms with Gasteiger partial charge in [-0.2, -0.15) is 0 Å². The molecule has 5 heteroatoms. The Bertz CT molecular complexity index is 446. The summed E-state index contributed by atoms with van der Waals surface area (Å²) in [5.41, 5.74) is 1.12. The highest BCUT2D eigenvalue weighted by Crippen LogP contribution is 2.24. The smallest absolute Gasteiger partial charge is 0.141 e. The van der Waals surface area contributed by atoms with Gasteiger partial charge >= 0.3 is 0 Å². The molecular formula is C11H16N4S. The zero-order chi connectivity index (χ0) is 11.4. The average Bonchev–Trinajstić information content (AvgIpc) is 2.87. The van der Waals surface area contributed by atoms with Crippen molar-refractivity contribution in [2.75, 3.05) is 7.05 Å². The molecule has 16 heavy (non-hydrogen) atoms. The van der Waals surface area contributed by atoms with E-state index in [1.165, 1.54) is 4.88 Å². The van der Waals surface area contributed by atoms with E-state index in [0.29, 0.717) is 0 Å². The quantitative estimate of drug-likeness (QED) is 0.865. The van der Waals surface area contributed by atoms with Crippen molar-refractivity contribution in [1.82, 2.24) is 19.9 Å². The van der Waals surface area contributed by atoms with E-state index in [9.17, 15) is 0 Å². The molecular weight excluding hydrogens is 220 g/mol. The van der Waals surface area contributed by atoms with E-state index in [4.69, 9.17) is 0 Å². The third kappa shape index (κ3) is 2.31. The van der Waals surface area contributed by atoms with Crippen LogP contribution in [0.4, 0.5) is 0 Å². The lowest BCUT2D eigenvalue weighted by atomic mass is 10.4. The Hall–Kier alpha value is -1.20. The maximum atomic E-state index is 4.44. The number of thiazole rings is 1. The number of rotatable bonds is 5. The molecule has 86 valence electrons. The Kier molecular flexibility index (Phi) is 3.69.